The largest absolute Gasteiger partial charge is 0.465 e. The van der Waals surface area contributed by atoms with Gasteiger partial charge in [0, 0.05) is 18.7 Å². The maximum Gasteiger partial charge on any atom is 0.320 e. The van der Waals surface area contributed by atoms with Crippen LogP contribution in [0.5, 0.6) is 0 Å². The lowest BCUT2D eigenvalue weighted by molar-refractivity contribution is -0.144. The summed E-state index contributed by atoms with van der Waals surface area (Å²) < 4.78 is 31.2. The van der Waals surface area contributed by atoms with Gasteiger partial charge in [-0.3, -0.25) is 9.69 Å². The van der Waals surface area contributed by atoms with Crippen molar-refractivity contribution in [1.82, 2.24) is 4.90 Å². The molecular weight excluding hydrogens is 252 g/mol. The van der Waals surface area contributed by atoms with Gasteiger partial charge in [0.1, 0.15) is 11.6 Å². The second kappa shape index (κ2) is 6.10. The fraction of sp³-hybridized carbons (Fsp3) is 0.500. The molecule has 1 saturated carbocycles. The molecule has 0 unspecified atom stereocenters. The number of benzene rings is 1. The normalized spacial score (nSPS) is 14.7. The van der Waals surface area contributed by atoms with Crippen LogP contribution in [-0.2, 0) is 16.1 Å². The van der Waals surface area contributed by atoms with E-state index >= 15 is 0 Å². The highest BCUT2D eigenvalue weighted by Gasteiger charge is 2.30. The van der Waals surface area contributed by atoms with Crippen LogP contribution in [0, 0.1) is 11.6 Å². The van der Waals surface area contributed by atoms with Crippen LogP contribution in [0.3, 0.4) is 0 Å². The van der Waals surface area contributed by atoms with Crippen LogP contribution < -0.4 is 0 Å². The third kappa shape index (κ3) is 4.28. The first-order chi connectivity index (χ1) is 9.08. The van der Waals surface area contributed by atoms with E-state index in [0.29, 0.717) is 24.8 Å². The fourth-order valence-electron chi connectivity index (χ4n) is 2.06. The van der Waals surface area contributed by atoms with E-state index in [2.05, 4.69) is 0 Å². The fourth-order valence-corrected chi connectivity index (χ4v) is 2.06. The predicted octanol–water partition coefficient (Wildman–Crippen LogP) is 2.49. The van der Waals surface area contributed by atoms with Crippen molar-refractivity contribution in [3.8, 4) is 0 Å². The molecule has 0 heterocycles. The number of nitrogens with zero attached hydrogens (tertiary/aromatic N) is 1. The molecule has 3 nitrogen and oxygen atoms in total. The maximum atomic E-state index is 13.1. The van der Waals surface area contributed by atoms with Crippen LogP contribution in [-0.4, -0.2) is 30.1 Å². The number of hydrogen-bond donors (Lipinski definition) is 0. The molecule has 0 N–H and O–H groups in total. The van der Waals surface area contributed by atoms with Gasteiger partial charge < -0.3 is 4.74 Å². The summed E-state index contributed by atoms with van der Waals surface area (Å²) in [5.74, 6) is -1.49. The number of carbonyl (C=O) groups excluding carboxylic acids is 1. The highest BCUT2D eigenvalue weighted by atomic mass is 19.1. The van der Waals surface area contributed by atoms with E-state index in [0.717, 1.165) is 18.9 Å². The zero-order chi connectivity index (χ0) is 13.8. The monoisotopic (exact) mass is 269 g/mol. The van der Waals surface area contributed by atoms with Crippen molar-refractivity contribution in [2.75, 3.05) is 13.2 Å². The van der Waals surface area contributed by atoms with Crippen LogP contribution in [0.25, 0.3) is 0 Å². The second-order valence-electron chi connectivity index (χ2n) is 4.72. The summed E-state index contributed by atoms with van der Waals surface area (Å²) in [5, 5.41) is 0. The number of rotatable bonds is 6. The molecule has 2 rings (SSSR count). The Labute approximate surface area is 111 Å². The zero-order valence-corrected chi connectivity index (χ0v) is 10.9. The summed E-state index contributed by atoms with van der Waals surface area (Å²) in [4.78, 5) is 13.4. The first-order valence-electron chi connectivity index (χ1n) is 6.43. The summed E-state index contributed by atoms with van der Waals surface area (Å²) in [6.45, 7) is 2.61. The second-order valence-corrected chi connectivity index (χ2v) is 4.72. The Morgan fingerprint density at radius 1 is 1.32 bits per heavy atom. The molecule has 0 spiro atoms. The molecule has 104 valence electrons. The van der Waals surface area contributed by atoms with Gasteiger partial charge in [-0.15, -0.1) is 0 Å². The number of hydrogen-bond acceptors (Lipinski definition) is 3. The molecule has 0 saturated heterocycles. The Hall–Kier alpha value is -1.49. The van der Waals surface area contributed by atoms with Crippen molar-refractivity contribution in [2.24, 2.45) is 0 Å². The topological polar surface area (TPSA) is 29.5 Å². The molecule has 0 aliphatic heterocycles. The predicted molar refractivity (Wildman–Crippen MR) is 66.4 cm³/mol. The van der Waals surface area contributed by atoms with Crippen LogP contribution in [0.2, 0.25) is 0 Å². The van der Waals surface area contributed by atoms with Gasteiger partial charge in [0.2, 0.25) is 0 Å². The third-order valence-electron chi connectivity index (χ3n) is 3.01. The van der Waals surface area contributed by atoms with E-state index in [4.69, 9.17) is 4.74 Å². The molecule has 0 atom stereocenters. The summed E-state index contributed by atoms with van der Waals surface area (Å²) in [6, 6.07) is 3.75. The molecule has 1 aliphatic rings. The lowest BCUT2D eigenvalue weighted by Gasteiger charge is -2.20. The SMILES string of the molecule is CCOC(=O)CN(Cc1cc(F)cc(F)c1)C1CC1. The highest BCUT2D eigenvalue weighted by Crippen LogP contribution is 2.28. The van der Waals surface area contributed by atoms with Crippen LogP contribution in [0.1, 0.15) is 25.3 Å². The standard InChI is InChI=1S/C14H17F2NO2/c1-2-19-14(18)9-17(13-3-4-13)8-10-5-11(15)7-12(16)6-10/h5-7,13H,2-4,8-9H2,1H3. The van der Waals surface area contributed by atoms with Gasteiger partial charge in [0.25, 0.3) is 0 Å². The van der Waals surface area contributed by atoms with E-state index in [1.54, 1.807) is 6.92 Å². The molecule has 0 radical (unpaired) electrons. The van der Waals surface area contributed by atoms with Gasteiger partial charge in [-0.1, -0.05) is 0 Å². The lowest BCUT2D eigenvalue weighted by Crippen LogP contribution is -2.32. The minimum absolute atomic E-state index is 0.163. The van der Waals surface area contributed by atoms with Crippen LogP contribution in [0.4, 0.5) is 8.78 Å². The molecule has 0 bridgehead atoms. The molecule has 1 fully saturated rings. The molecule has 0 aromatic heterocycles. The Morgan fingerprint density at radius 3 is 2.47 bits per heavy atom. The average Bonchev–Trinajstić information content (AvgIpc) is 3.10. The number of esters is 1. The van der Waals surface area contributed by atoms with Gasteiger partial charge in [-0.2, -0.15) is 0 Å². The van der Waals surface area contributed by atoms with Gasteiger partial charge in [0.15, 0.2) is 0 Å². The van der Waals surface area contributed by atoms with E-state index < -0.39 is 11.6 Å². The molecular formula is C14H17F2NO2. The third-order valence-corrected chi connectivity index (χ3v) is 3.01. The minimum Gasteiger partial charge on any atom is -0.465 e. The van der Waals surface area contributed by atoms with Crippen LogP contribution >= 0.6 is 0 Å². The van der Waals surface area contributed by atoms with Crippen molar-refractivity contribution in [3.05, 3.63) is 35.4 Å². The smallest absolute Gasteiger partial charge is 0.320 e. The summed E-state index contributed by atoms with van der Waals surface area (Å²) in [5.41, 5.74) is 0.536. The van der Waals surface area contributed by atoms with Crippen molar-refractivity contribution < 1.29 is 18.3 Å². The van der Waals surface area contributed by atoms with Gasteiger partial charge >= 0.3 is 5.97 Å². The van der Waals surface area contributed by atoms with Crippen LogP contribution in [0.15, 0.2) is 18.2 Å². The summed E-state index contributed by atoms with van der Waals surface area (Å²) in [6.07, 6.45) is 2.02. The quantitative estimate of drug-likeness (QED) is 0.743. The molecule has 1 aliphatic carbocycles. The number of ether oxygens (including phenoxy) is 1. The number of halogens is 2. The molecule has 5 heteroatoms. The average molecular weight is 269 g/mol. The highest BCUT2D eigenvalue weighted by molar-refractivity contribution is 5.71. The molecule has 1 aromatic carbocycles. The van der Waals surface area contributed by atoms with Crippen molar-refractivity contribution in [1.29, 1.82) is 0 Å². The van der Waals surface area contributed by atoms with E-state index in [9.17, 15) is 13.6 Å². The lowest BCUT2D eigenvalue weighted by atomic mass is 10.2. The first-order valence-corrected chi connectivity index (χ1v) is 6.43. The Morgan fingerprint density at radius 2 is 1.95 bits per heavy atom. The molecule has 1 aromatic rings. The van der Waals surface area contributed by atoms with E-state index in [-0.39, 0.29) is 12.5 Å². The Balaban J connectivity index is 2.01. The van der Waals surface area contributed by atoms with Crippen molar-refractivity contribution >= 4 is 5.97 Å². The van der Waals surface area contributed by atoms with Crippen molar-refractivity contribution in [2.45, 2.75) is 32.4 Å². The van der Waals surface area contributed by atoms with Gasteiger partial charge in [-0.05, 0) is 37.5 Å². The number of carbonyl (C=O) groups is 1. The summed E-state index contributed by atoms with van der Waals surface area (Å²) in [7, 11) is 0. The Bertz CT molecular complexity index is 441. The zero-order valence-electron chi connectivity index (χ0n) is 10.9. The molecule has 0 amide bonds. The van der Waals surface area contributed by atoms with Gasteiger partial charge in [0.05, 0.1) is 13.2 Å². The molecule has 19 heavy (non-hydrogen) atoms. The summed E-state index contributed by atoms with van der Waals surface area (Å²) >= 11 is 0. The van der Waals surface area contributed by atoms with E-state index in [1.165, 1.54) is 12.1 Å². The van der Waals surface area contributed by atoms with Gasteiger partial charge in [-0.25, -0.2) is 8.78 Å². The first kappa shape index (κ1) is 13.9. The maximum absolute atomic E-state index is 13.1. The van der Waals surface area contributed by atoms with Crippen molar-refractivity contribution in [3.63, 3.8) is 0 Å². The Kier molecular flexibility index (Phi) is 4.47. The van der Waals surface area contributed by atoms with E-state index in [1.807, 2.05) is 4.90 Å². The minimum atomic E-state index is -0.595.